The van der Waals surface area contributed by atoms with Crippen LogP contribution in [0.25, 0.3) is 0 Å². The quantitative estimate of drug-likeness (QED) is 0.540. The highest BCUT2D eigenvalue weighted by molar-refractivity contribution is 7.85. The van der Waals surface area contributed by atoms with Gasteiger partial charge in [0, 0.05) is 44.5 Å². The third kappa shape index (κ3) is 8.56. The van der Waals surface area contributed by atoms with Gasteiger partial charge in [-0.1, -0.05) is 57.5 Å². The Kier molecular flexibility index (Phi) is 12.9. The number of piperidine rings is 1. The van der Waals surface area contributed by atoms with Crippen molar-refractivity contribution in [2.24, 2.45) is 0 Å². The number of nitrogens with one attached hydrogen (secondary N) is 1. The number of aryl methyl sites for hydroxylation is 2. The van der Waals surface area contributed by atoms with E-state index in [1.165, 1.54) is 37.1 Å². The van der Waals surface area contributed by atoms with E-state index >= 15 is 0 Å². The fourth-order valence-corrected chi connectivity index (χ4v) is 5.63. The summed E-state index contributed by atoms with van der Waals surface area (Å²) in [5.41, 5.74) is 4.70. The first-order chi connectivity index (χ1) is 17.4. The van der Waals surface area contributed by atoms with E-state index in [1.807, 2.05) is 33.8 Å². The number of hydrogen-bond acceptors (Lipinski definition) is 5. The summed E-state index contributed by atoms with van der Waals surface area (Å²) in [6.45, 7) is 21.1. The second-order valence-electron chi connectivity index (χ2n) is 9.45. The number of rotatable bonds is 6. The molecule has 202 valence electrons. The number of nitrogens with zero attached hydrogens (tertiary/aromatic N) is 4. The van der Waals surface area contributed by atoms with E-state index in [4.69, 9.17) is 0 Å². The molecule has 2 atom stereocenters. The van der Waals surface area contributed by atoms with E-state index in [0.717, 1.165) is 43.2 Å². The molecule has 1 aromatic carbocycles. The summed E-state index contributed by atoms with van der Waals surface area (Å²) in [6.07, 6.45) is 5.94. The molecule has 2 unspecified atom stereocenters. The van der Waals surface area contributed by atoms with Gasteiger partial charge in [0.1, 0.15) is 16.8 Å². The molecule has 7 heteroatoms. The van der Waals surface area contributed by atoms with Gasteiger partial charge in [-0.25, -0.2) is 9.19 Å². The largest absolute Gasteiger partial charge is 0.354 e. The molecule has 0 spiro atoms. The van der Waals surface area contributed by atoms with E-state index in [0.29, 0.717) is 12.1 Å². The van der Waals surface area contributed by atoms with Crippen molar-refractivity contribution in [3.8, 4) is 0 Å². The summed E-state index contributed by atoms with van der Waals surface area (Å²) in [4.78, 5) is 12.4. The molecule has 2 aliphatic heterocycles. The maximum atomic E-state index is 11.4. The van der Waals surface area contributed by atoms with Crippen LogP contribution in [0.1, 0.15) is 64.2 Å². The molecule has 3 heterocycles. The van der Waals surface area contributed by atoms with Gasteiger partial charge < -0.3 is 9.62 Å². The van der Waals surface area contributed by atoms with Gasteiger partial charge in [-0.2, -0.15) is 0 Å². The van der Waals surface area contributed by atoms with Gasteiger partial charge in [0.25, 0.3) is 0 Å². The average molecular weight is 516 g/mol. The Hall–Kier alpha value is -1.96. The molecule has 0 aliphatic carbocycles. The normalized spacial score (nSPS) is 20.0. The first-order valence-corrected chi connectivity index (χ1v) is 15.3. The molecule has 0 amide bonds. The molecule has 4 rings (SSSR count). The summed E-state index contributed by atoms with van der Waals surface area (Å²) in [7, 11) is -1.08. The lowest BCUT2D eigenvalue weighted by Crippen LogP contribution is -2.57. The van der Waals surface area contributed by atoms with Crippen LogP contribution in [-0.4, -0.2) is 70.1 Å². The first-order valence-electron chi connectivity index (χ1n) is 13.7. The smallest absolute Gasteiger partial charge is 0.131 e. The molecular weight excluding hydrogens is 466 g/mol. The molecule has 1 N–H and O–H groups in total. The highest BCUT2D eigenvalue weighted by Crippen LogP contribution is 2.27. The van der Waals surface area contributed by atoms with Gasteiger partial charge in [-0.3, -0.25) is 9.80 Å². The topological polar surface area (TPSA) is 51.7 Å². The molecule has 0 radical (unpaired) electrons. The Bertz CT molecular complexity index is 928. The monoisotopic (exact) mass is 515 g/mol. The van der Waals surface area contributed by atoms with Crippen molar-refractivity contribution in [3.63, 3.8) is 0 Å². The number of benzene rings is 1. The van der Waals surface area contributed by atoms with Gasteiger partial charge in [0.05, 0.1) is 11.9 Å². The number of pyridine rings is 1. The minimum Gasteiger partial charge on any atom is -0.354 e. The number of piperazine rings is 1. The summed E-state index contributed by atoms with van der Waals surface area (Å²) in [6, 6.07) is 12.2. The molecule has 1 aromatic heterocycles. The van der Waals surface area contributed by atoms with Gasteiger partial charge in [0.2, 0.25) is 0 Å². The minimum absolute atomic E-state index is 0.513. The van der Waals surface area contributed by atoms with Gasteiger partial charge in [-0.15, -0.1) is 0 Å². The van der Waals surface area contributed by atoms with Crippen molar-refractivity contribution in [2.75, 3.05) is 48.6 Å². The second-order valence-corrected chi connectivity index (χ2v) is 10.6. The van der Waals surface area contributed by atoms with Crippen LogP contribution in [0.4, 0.5) is 11.5 Å². The fourth-order valence-electron chi connectivity index (χ4n) is 5.19. The molecule has 2 saturated heterocycles. The van der Waals surface area contributed by atoms with Crippen molar-refractivity contribution in [2.45, 2.75) is 79.9 Å². The van der Waals surface area contributed by atoms with Gasteiger partial charge >= 0.3 is 0 Å². The maximum absolute atomic E-state index is 11.4. The SMILES string of the molecule is CC.CC.Cc1ccc(CN2CCC(N3CCN(c4ncc(NS(C)=O)cc4C)CC3C)CC2)cc1. The maximum Gasteiger partial charge on any atom is 0.131 e. The van der Waals surface area contributed by atoms with Crippen LogP contribution in [0.2, 0.25) is 0 Å². The molecule has 0 saturated carbocycles. The van der Waals surface area contributed by atoms with Crippen molar-refractivity contribution in [3.05, 3.63) is 53.2 Å². The van der Waals surface area contributed by atoms with Crippen LogP contribution in [0, 0.1) is 13.8 Å². The van der Waals surface area contributed by atoms with Crippen molar-refractivity contribution in [1.29, 1.82) is 0 Å². The Morgan fingerprint density at radius 2 is 1.64 bits per heavy atom. The first kappa shape index (κ1) is 30.3. The molecule has 2 aromatic rings. The van der Waals surface area contributed by atoms with Crippen molar-refractivity contribution in [1.82, 2.24) is 14.8 Å². The van der Waals surface area contributed by atoms with E-state index in [2.05, 4.69) is 69.4 Å². The fraction of sp³-hybridized carbons (Fsp3) is 0.621. The average Bonchev–Trinajstić information content (AvgIpc) is 2.88. The minimum atomic E-state index is -1.08. The summed E-state index contributed by atoms with van der Waals surface area (Å²) < 4.78 is 14.4. The molecule has 2 aliphatic rings. The van der Waals surface area contributed by atoms with E-state index in [1.54, 1.807) is 12.5 Å². The Morgan fingerprint density at radius 3 is 2.19 bits per heavy atom. The lowest BCUT2D eigenvalue weighted by atomic mass is 9.99. The predicted octanol–water partition coefficient (Wildman–Crippen LogP) is 5.63. The lowest BCUT2D eigenvalue weighted by Gasteiger charge is -2.47. The molecule has 6 nitrogen and oxygen atoms in total. The number of likely N-dealkylation sites (tertiary alicyclic amines) is 1. The van der Waals surface area contributed by atoms with E-state index in [9.17, 15) is 4.21 Å². The van der Waals surface area contributed by atoms with E-state index < -0.39 is 11.0 Å². The standard InChI is InChI=1S/C25H37N5OS.2C2H6/c1-19-5-7-22(8-6-19)18-28-11-9-24(10-12-28)30-14-13-29(17-21(30)3)25-20(2)15-23(16-26-25)27-32(4)31;2*1-2/h5-8,15-16,21,24,27H,9-14,17-18H2,1-4H3;2*1-2H3. The summed E-state index contributed by atoms with van der Waals surface area (Å²) in [5, 5.41) is 0. The number of hydrogen-bond donors (Lipinski definition) is 1. The van der Waals surface area contributed by atoms with Crippen LogP contribution < -0.4 is 9.62 Å². The molecule has 36 heavy (non-hydrogen) atoms. The summed E-state index contributed by atoms with van der Waals surface area (Å²) >= 11 is 0. The van der Waals surface area contributed by atoms with Crippen LogP contribution in [0.15, 0.2) is 36.5 Å². The van der Waals surface area contributed by atoms with Crippen LogP contribution in [0.3, 0.4) is 0 Å². The van der Waals surface area contributed by atoms with Crippen LogP contribution >= 0.6 is 0 Å². The van der Waals surface area contributed by atoms with Crippen molar-refractivity contribution < 1.29 is 4.21 Å². The van der Waals surface area contributed by atoms with Crippen LogP contribution in [-0.2, 0) is 17.5 Å². The van der Waals surface area contributed by atoms with Crippen molar-refractivity contribution >= 4 is 22.5 Å². The zero-order valence-corrected chi connectivity index (χ0v) is 24.7. The van der Waals surface area contributed by atoms with Crippen LogP contribution in [0.5, 0.6) is 0 Å². The number of aromatic nitrogens is 1. The third-order valence-electron chi connectivity index (χ3n) is 6.84. The Labute approximate surface area is 223 Å². The predicted molar refractivity (Wildman–Crippen MR) is 157 cm³/mol. The highest BCUT2D eigenvalue weighted by atomic mass is 32.2. The lowest BCUT2D eigenvalue weighted by molar-refractivity contribution is 0.0690. The second kappa shape index (κ2) is 15.3. The van der Waals surface area contributed by atoms with Gasteiger partial charge in [0.15, 0.2) is 0 Å². The zero-order valence-electron chi connectivity index (χ0n) is 23.9. The number of anilines is 2. The molecule has 2 fully saturated rings. The summed E-state index contributed by atoms with van der Waals surface area (Å²) in [5.74, 6) is 1.05. The highest BCUT2D eigenvalue weighted by Gasteiger charge is 2.32. The molecular formula is C29H49N5OS. The molecule has 0 bridgehead atoms. The Balaban J connectivity index is 0.00000109. The van der Waals surface area contributed by atoms with E-state index in [-0.39, 0.29) is 0 Å². The van der Waals surface area contributed by atoms with Gasteiger partial charge in [-0.05, 0) is 63.9 Å². The third-order valence-corrected chi connectivity index (χ3v) is 7.37. The zero-order chi connectivity index (χ0) is 26.7. The Morgan fingerprint density at radius 1 is 1.00 bits per heavy atom.